The van der Waals surface area contributed by atoms with Gasteiger partial charge in [-0.15, -0.1) is 5.10 Å². The van der Waals surface area contributed by atoms with E-state index in [9.17, 15) is 4.79 Å². The molecule has 0 aliphatic carbocycles. The Morgan fingerprint density at radius 2 is 2.39 bits per heavy atom. The van der Waals surface area contributed by atoms with Crippen molar-refractivity contribution in [1.82, 2.24) is 19.9 Å². The van der Waals surface area contributed by atoms with Crippen molar-refractivity contribution in [2.24, 2.45) is 5.73 Å². The number of carbonyl (C=O) groups excluding carboxylic acids is 1. The normalized spacial score (nSPS) is 20.1. The molecule has 6 nitrogen and oxygen atoms in total. The number of piperidine rings is 1. The Labute approximate surface area is 107 Å². The smallest absolute Gasteiger partial charge is 0.276 e. The van der Waals surface area contributed by atoms with Crippen LogP contribution in [0.4, 0.5) is 0 Å². The number of aromatic nitrogens is 3. The molecular weight excluding hydrogens is 230 g/mol. The third-order valence-corrected chi connectivity index (χ3v) is 3.48. The first-order chi connectivity index (χ1) is 8.76. The quantitative estimate of drug-likeness (QED) is 0.852. The van der Waals surface area contributed by atoms with Crippen LogP contribution in [0, 0.1) is 0 Å². The van der Waals surface area contributed by atoms with E-state index in [1.54, 1.807) is 10.9 Å². The fourth-order valence-electron chi connectivity index (χ4n) is 2.48. The third-order valence-electron chi connectivity index (χ3n) is 3.48. The van der Waals surface area contributed by atoms with Crippen molar-refractivity contribution in [2.75, 3.05) is 13.1 Å². The first-order valence-corrected chi connectivity index (χ1v) is 6.67. The van der Waals surface area contributed by atoms with Gasteiger partial charge in [0.25, 0.3) is 5.91 Å². The number of likely N-dealkylation sites (tertiary alicyclic amines) is 1. The molecule has 0 spiro atoms. The lowest BCUT2D eigenvalue weighted by Crippen LogP contribution is -2.43. The van der Waals surface area contributed by atoms with Crippen molar-refractivity contribution in [1.29, 1.82) is 0 Å². The molecule has 0 bridgehead atoms. The topological polar surface area (TPSA) is 77.0 Å². The molecule has 1 fully saturated rings. The van der Waals surface area contributed by atoms with Crippen molar-refractivity contribution in [2.45, 2.75) is 45.2 Å². The standard InChI is InChI=1S/C12H21N5O/c1-2-10-5-3-4-7-17(10)12(18)11-9-16(8-6-13)15-14-11/h9-10H,2-8,13H2,1H3. The van der Waals surface area contributed by atoms with Crippen LogP contribution in [0.5, 0.6) is 0 Å². The summed E-state index contributed by atoms with van der Waals surface area (Å²) in [6, 6.07) is 0.353. The van der Waals surface area contributed by atoms with Gasteiger partial charge in [0.05, 0.1) is 12.7 Å². The molecule has 1 aliphatic heterocycles. The minimum absolute atomic E-state index is 0.00446. The largest absolute Gasteiger partial charge is 0.334 e. The third kappa shape index (κ3) is 2.69. The average molecular weight is 251 g/mol. The Balaban J connectivity index is 2.08. The number of nitrogens with zero attached hydrogens (tertiary/aromatic N) is 4. The molecule has 6 heteroatoms. The summed E-state index contributed by atoms with van der Waals surface area (Å²) in [5.41, 5.74) is 5.88. The molecule has 1 aromatic heterocycles. The van der Waals surface area contributed by atoms with Gasteiger partial charge in [0.1, 0.15) is 0 Å². The van der Waals surface area contributed by atoms with Crippen molar-refractivity contribution < 1.29 is 4.79 Å². The maximum atomic E-state index is 12.4. The molecule has 1 aliphatic rings. The Kier molecular flexibility index (Phi) is 4.30. The molecule has 1 amide bonds. The average Bonchev–Trinajstić information content (AvgIpc) is 2.87. The maximum absolute atomic E-state index is 12.4. The Bertz CT molecular complexity index is 403. The highest BCUT2D eigenvalue weighted by molar-refractivity contribution is 5.92. The van der Waals surface area contributed by atoms with Crippen LogP contribution < -0.4 is 5.73 Å². The molecule has 2 N–H and O–H groups in total. The summed E-state index contributed by atoms with van der Waals surface area (Å²) in [5, 5.41) is 7.86. The van der Waals surface area contributed by atoms with Gasteiger partial charge >= 0.3 is 0 Å². The van der Waals surface area contributed by atoms with Crippen molar-refractivity contribution in [3.63, 3.8) is 0 Å². The SMILES string of the molecule is CCC1CCCCN1C(=O)c1cn(CCN)nn1. The van der Waals surface area contributed by atoms with E-state index in [-0.39, 0.29) is 5.91 Å². The van der Waals surface area contributed by atoms with Crippen LogP contribution in [-0.2, 0) is 6.54 Å². The second-order valence-electron chi connectivity index (χ2n) is 4.71. The lowest BCUT2D eigenvalue weighted by atomic mass is 10.00. The molecule has 18 heavy (non-hydrogen) atoms. The minimum Gasteiger partial charge on any atom is -0.334 e. The summed E-state index contributed by atoms with van der Waals surface area (Å²) in [5.74, 6) is 0.00446. The van der Waals surface area contributed by atoms with Crippen LogP contribution in [0.15, 0.2) is 6.20 Å². The van der Waals surface area contributed by atoms with Crippen LogP contribution in [0.1, 0.15) is 43.1 Å². The molecule has 1 atom stereocenters. The van der Waals surface area contributed by atoms with E-state index < -0.39 is 0 Å². The summed E-state index contributed by atoms with van der Waals surface area (Å²) >= 11 is 0. The number of hydrogen-bond acceptors (Lipinski definition) is 4. The first-order valence-electron chi connectivity index (χ1n) is 6.67. The number of nitrogens with two attached hydrogens (primary N) is 1. The highest BCUT2D eigenvalue weighted by Gasteiger charge is 2.27. The monoisotopic (exact) mass is 251 g/mol. The van der Waals surface area contributed by atoms with Crippen LogP contribution in [-0.4, -0.2) is 44.9 Å². The molecule has 0 aromatic carbocycles. The second-order valence-corrected chi connectivity index (χ2v) is 4.71. The highest BCUT2D eigenvalue weighted by Crippen LogP contribution is 2.21. The molecule has 1 unspecified atom stereocenters. The summed E-state index contributed by atoms with van der Waals surface area (Å²) in [7, 11) is 0. The molecule has 0 radical (unpaired) electrons. The van der Waals surface area contributed by atoms with Crippen LogP contribution in [0.2, 0.25) is 0 Å². The fraction of sp³-hybridized carbons (Fsp3) is 0.750. The van der Waals surface area contributed by atoms with Crippen LogP contribution >= 0.6 is 0 Å². The molecule has 100 valence electrons. The van der Waals surface area contributed by atoms with E-state index in [0.29, 0.717) is 24.8 Å². The molecule has 2 heterocycles. The molecule has 1 saturated heterocycles. The molecule has 1 aromatic rings. The number of hydrogen-bond donors (Lipinski definition) is 1. The maximum Gasteiger partial charge on any atom is 0.276 e. The Hall–Kier alpha value is -1.43. The van der Waals surface area contributed by atoms with E-state index in [1.807, 2.05) is 4.90 Å². The number of amides is 1. The first kappa shape index (κ1) is 13.0. The summed E-state index contributed by atoms with van der Waals surface area (Å²) in [6.45, 7) is 4.05. The minimum atomic E-state index is 0.00446. The van der Waals surface area contributed by atoms with Gasteiger partial charge in [-0.1, -0.05) is 12.1 Å². The van der Waals surface area contributed by atoms with Gasteiger partial charge in [-0.3, -0.25) is 9.48 Å². The van der Waals surface area contributed by atoms with Crippen LogP contribution in [0.3, 0.4) is 0 Å². The number of carbonyl (C=O) groups is 1. The predicted molar refractivity (Wildman–Crippen MR) is 68.0 cm³/mol. The fourth-order valence-corrected chi connectivity index (χ4v) is 2.48. The zero-order valence-electron chi connectivity index (χ0n) is 10.9. The van der Waals surface area contributed by atoms with E-state index in [4.69, 9.17) is 5.73 Å². The second kappa shape index (κ2) is 5.95. The van der Waals surface area contributed by atoms with Gasteiger partial charge < -0.3 is 10.6 Å². The van der Waals surface area contributed by atoms with Gasteiger partial charge in [0, 0.05) is 19.1 Å². The van der Waals surface area contributed by atoms with Gasteiger partial charge in [-0.25, -0.2) is 0 Å². The zero-order valence-corrected chi connectivity index (χ0v) is 10.9. The van der Waals surface area contributed by atoms with Crippen molar-refractivity contribution in [3.05, 3.63) is 11.9 Å². The van der Waals surface area contributed by atoms with Gasteiger partial charge in [0.15, 0.2) is 5.69 Å². The Morgan fingerprint density at radius 3 is 3.11 bits per heavy atom. The molecule has 2 rings (SSSR count). The predicted octanol–water partition coefficient (Wildman–Crippen LogP) is 0.642. The lowest BCUT2D eigenvalue weighted by molar-refractivity contribution is 0.0602. The summed E-state index contributed by atoms with van der Waals surface area (Å²) in [6.07, 6.45) is 6.08. The zero-order chi connectivity index (χ0) is 13.0. The van der Waals surface area contributed by atoms with Gasteiger partial charge in [0.2, 0.25) is 0 Å². The molecule has 0 saturated carbocycles. The van der Waals surface area contributed by atoms with Gasteiger partial charge in [-0.05, 0) is 25.7 Å². The van der Waals surface area contributed by atoms with E-state index in [1.165, 1.54) is 6.42 Å². The van der Waals surface area contributed by atoms with Crippen molar-refractivity contribution >= 4 is 5.91 Å². The van der Waals surface area contributed by atoms with E-state index >= 15 is 0 Å². The summed E-state index contributed by atoms with van der Waals surface area (Å²) in [4.78, 5) is 14.3. The van der Waals surface area contributed by atoms with E-state index in [0.717, 1.165) is 25.8 Å². The van der Waals surface area contributed by atoms with Crippen molar-refractivity contribution in [3.8, 4) is 0 Å². The Morgan fingerprint density at radius 1 is 1.56 bits per heavy atom. The molecular formula is C12H21N5O. The highest BCUT2D eigenvalue weighted by atomic mass is 16.2. The summed E-state index contributed by atoms with van der Waals surface area (Å²) < 4.78 is 1.62. The van der Waals surface area contributed by atoms with E-state index in [2.05, 4.69) is 17.2 Å². The van der Waals surface area contributed by atoms with Gasteiger partial charge in [-0.2, -0.15) is 0 Å². The van der Waals surface area contributed by atoms with Crippen LogP contribution in [0.25, 0.3) is 0 Å². The number of rotatable bonds is 4. The lowest BCUT2D eigenvalue weighted by Gasteiger charge is -2.34.